The van der Waals surface area contributed by atoms with Gasteiger partial charge in [0.1, 0.15) is 0 Å². The van der Waals surface area contributed by atoms with Crippen LogP contribution in [0.15, 0.2) is 36.5 Å². The Bertz CT molecular complexity index is 708. The fourth-order valence-electron chi connectivity index (χ4n) is 3.26. The molecule has 0 spiro atoms. The van der Waals surface area contributed by atoms with Gasteiger partial charge in [-0.15, -0.1) is 0 Å². The van der Waals surface area contributed by atoms with Crippen LogP contribution in [0.4, 0.5) is 0 Å². The average molecular weight is 348 g/mol. The highest BCUT2D eigenvalue weighted by Crippen LogP contribution is 2.27. The summed E-state index contributed by atoms with van der Waals surface area (Å²) in [5, 5.41) is 14.3. The molecule has 1 aliphatic rings. The van der Waals surface area contributed by atoms with Crippen LogP contribution >= 0.6 is 11.6 Å². The predicted octanol–water partition coefficient (Wildman–Crippen LogP) is 3.15. The van der Waals surface area contributed by atoms with Crippen LogP contribution < -0.4 is 0 Å². The fraction of sp³-hybridized carbons (Fsp3) is 0.444. The molecule has 0 radical (unpaired) electrons. The number of aliphatic hydroxyl groups is 1. The Morgan fingerprint density at radius 1 is 1.33 bits per heavy atom. The van der Waals surface area contributed by atoms with Gasteiger partial charge in [-0.1, -0.05) is 17.7 Å². The van der Waals surface area contributed by atoms with Gasteiger partial charge in [0, 0.05) is 30.9 Å². The summed E-state index contributed by atoms with van der Waals surface area (Å²) < 4.78 is 1.66. The highest BCUT2D eigenvalue weighted by Gasteiger charge is 2.27. The maximum atomic E-state index is 12.7. The molecule has 1 saturated carbocycles. The summed E-state index contributed by atoms with van der Waals surface area (Å²) >= 11 is 6.01. The van der Waals surface area contributed by atoms with Crippen LogP contribution in [0, 0.1) is 5.92 Å². The van der Waals surface area contributed by atoms with E-state index in [9.17, 15) is 9.90 Å². The second kappa shape index (κ2) is 7.36. The average Bonchev–Trinajstić information content (AvgIpc) is 3.10. The minimum Gasteiger partial charge on any atom is -0.396 e. The predicted molar refractivity (Wildman–Crippen MR) is 93.5 cm³/mol. The smallest absolute Gasteiger partial charge is 0.274 e. The van der Waals surface area contributed by atoms with Crippen molar-refractivity contribution in [1.29, 1.82) is 0 Å². The van der Waals surface area contributed by atoms with Crippen molar-refractivity contribution in [3.8, 4) is 5.69 Å². The Morgan fingerprint density at radius 2 is 2.08 bits per heavy atom. The number of hydrogen-bond donors (Lipinski definition) is 1. The van der Waals surface area contributed by atoms with Gasteiger partial charge in [-0.05, 0) is 55.9 Å². The molecule has 24 heavy (non-hydrogen) atoms. The van der Waals surface area contributed by atoms with Gasteiger partial charge in [0.05, 0.1) is 5.69 Å². The molecule has 2 aromatic rings. The molecule has 1 fully saturated rings. The zero-order valence-electron chi connectivity index (χ0n) is 13.7. The molecule has 0 saturated heterocycles. The number of rotatable bonds is 4. The van der Waals surface area contributed by atoms with Crippen LogP contribution in [0.2, 0.25) is 5.02 Å². The van der Waals surface area contributed by atoms with Crippen molar-refractivity contribution >= 4 is 17.5 Å². The Hall–Kier alpha value is -1.85. The van der Waals surface area contributed by atoms with E-state index in [1.165, 1.54) is 0 Å². The summed E-state index contributed by atoms with van der Waals surface area (Å²) in [5.41, 5.74) is 1.26. The second-order valence-corrected chi connectivity index (χ2v) is 6.84. The maximum absolute atomic E-state index is 12.7. The number of carbonyl (C=O) groups excluding carboxylic acids is 1. The minimum absolute atomic E-state index is 0.0665. The number of benzene rings is 1. The van der Waals surface area contributed by atoms with Gasteiger partial charge >= 0.3 is 0 Å². The first kappa shape index (κ1) is 17.0. The number of carbonyl (C=O) groups is 1. The van der Waals surface area contributed by atoms with E-state index < -0.39 is 0 Å². The van der Waals surface area contributed by atoms with Gasteiger partial charge in [0.15, 0.2) is 5.69 Å². The van der Waals surface area contributed by atoms with E-state index in [1.807, 2.05) is 25.2 Å². The standard InChI is InChI=1S/C18H22ClN3O2/c1-21(15-7-5-13(12-23)6-8-15)18(24)17-9-10-22(20-17)16-4-2-3-14(19)11-16/h2-4,9-11,13,15,23H,5-8,12H2,1H3. The molecule has 6 heteroatoms. The van der Waals surface area contributed by atoms with E-state index in [2.05, 4.69) is 5.10 Å². The van der Waals surface area contributed by atoms with Gasteiger partial charge in [-0.25, -0.2) is 4.68 Å². The third-order valence-electron chi connectivity index (χ3n) is 4.82. The molecule has 1 aromatic heterocycles. The van der Waals surface area contributed by atoms with E-state index in [-0.39, 0.29) is 18.6 Å². The van der Waals surface area contributed by atoms with Crippen LogP contribution in [-0.4, -0.2) is 45.4 Å². The number of amides is 1. The summed E-state index contributed by atoms with van der Waals surface area (Å²) in [4.78, 5) is 14.5. The van der Waals surface area contributed by atoms with Crippen LogP contribution in [0.25, 0.3) is 5.69 Å². The quantitative estimate of drug-likeness (QED) is 0.924. The van der Waals surface area contributed by atoms with Gasteiger partial charge < -0.3 is 10.0 Å². The molecule has 0 bridgehead atoms. The molecule has 0 unspecified atom stereocenters. The normalized spacial score (nSPS) is 20.8. The number of aliphatic hydroxyl groups excluding tert-OH is 1. The Kier molecular flexibility index (Phi) is 5.21. The third-order valence-corrected chi connectivity index (χ3v) is 5.06. The largest absolute Gasteiger partial charge is 0.396 e. The van der Waals surface area contributed by atoms with Gasteiger partial charge in [-0.2, -0.15) is 5.10 Å². The van der Waals surface area contributed by atoms with Gasteiger partial charge in [0.2, 0.25) is 0 Å². The molecule has 1 aromatic carbocycles. The molecular weight excluding hydrogens is 326 g/mol. The molecule has 3 rings (SSSR count). The Morgan fingerprint density at radius 3 is 2.75 bits per heavy atom. The lowest BCUT2D eigenvalue weighted by atomic mass is 9.86. The zero-order valence-corrected chi connectivity index (χ0v) is 14.5. The number of halogens is 1. The van der Waals surface area contributed by atoms with E-state index in [4.69, 9.17) is 11.6 Å². The zero-order chi connectivity index (χ0) is 17.1. The molecule has 128 valence electrons. The monoisotopic (exact) mass is 347 g/mol. The molecule has 5 nitrogen and oxygen atoms in total. The molecule has 1 amide bonds. The summed E-state index contributed by atoms with van der Waals surface area (Å²) in [6.45, 7) is 0.244. The van der Waals surface area contributed by atoms with E-state index in [0.717, 1.165) is 31.4 Å². The van der Waals surface area contributed by atoms with Crippen molar-refractivity contribution in [1.82, 2.24) is 14.7 Å². The Labute approximate surface area is 146 Å². The van der Waals surface area contributed by atoms with Crippen LogP contribution in [-0.2, 0) is 0 Å². The van der Waals surface area contributed by atoms with E-state index in [0.29, 0.717) is 16.6 Å². The van der Waals surface area contributed by atoms with E-state index in [1.54, 1.807) is 27.9 Å². The third kappa shape index (κ3) is 3.62. The number of nitrogens with zero attached hydrogens (tertiary/aromatic N) is 3. The summed E-state index contributed by atoms with van der Waals surface area (Å²) in [6, 6.07) is 9.31. The van der Waals surface area contributed by atoms with Crippen LogP contribution in [0.5, 0.6) is 0 Å². The molecule has 0 atom stereocenters. The Balaban J connectivity index is 1.69. The van der Waals surface area contributed by atoms with Crippen molar-refractivity contribution in [3.05, 3.63) is 47.2 Å². The van der Waals surface area contributed by atoms with Crippen molar-refractivity contribution in [2.45, 2.75) is 31.7 Å². The second-order valence-electron chi connectivity index (χ2n) is 6.40. The lowest BCUT2D eigenvalue weighted by Crippen LogP contribution is -2.40. The van der Waals surface area contributed by atoms with Crippen molar-refractivity contribution < 1.29 is 9.90 Å². The summed E-state index contributed by atoms with van der Waals surface area (Å²) in [6.07, 6.45) is 5.58. The number of hydrogen-bond acceptors (Lipinski definition) is 3. The molecule has 1 aliphatic carbocycles. The fourth-order valence-corrected chi connectivity index (χ4v) is 3.45. The van der Waals surface area contributed by atoms with Crippen molar-refractivity contribution in [2.75, 3.05) is 13.7 Å². The highest BCUT2D eigenvalue weighted by atomic mass is 35.5. The molecule has 1 N–H and O–H groups in total. The molecular formula is C18H22ClN3O2. The minimum atomic E-state index is -0.0665. The summed E-state index contributed by atoms with van der Waals surface area (Å²) in [7, 11) is 1.84. The lowest BCUT2D eigenvalue weighted by molar-refractivity contribution is 0.0646. The topological polar surface area (TPSA) is 58.4 Å². The first-order valence-corrected chi connectivity index (χ1v) is 8.66. The van der Waals surface area contributed by atoms with Crippen molar-refractivity contribution in [2.24, 2.45) is 5.92 Å². The number of aromatic nitrogens is 2. The molecule has 0 aliphatic heterocycles. The first-order valence-electron chi connectivity index (χ1n) is 8.28. The van der Waals surface area contributed by atoms with E-state index >= 15 is 0 Å². The van der Waals surface area contributed by atoms with Crippen LogP contribution in [0.3, 0.4) is 0 Å². The van der Waals surface area contributed by atoms with Gasteiger partial charge in [-0.3, -0.25) is 4.79 Å². The lowest BCUT2D eigenvalue weighted by Gasteiger charge is -2.33. The van der Waals surface area contributed by atoms with Gasteiger partial charge in [0.25, 0.3) is 5.91 Å². The molecule has 1 heterocycles. The van der Waals surface area contributed by atoms with Crippen LogP contribution in [0.1, 0.15) is 36.2 Å². The SMILES string of the molecule is CN(C(=O)c1ccn(-c2cccc(Cl)c2)n1)C1CCC(CO)CC1. The first-order chi connectivity index (χ1) is 11.6. The highest BCUT2D eigenvalue weighted by molar-refractivity contribution is 6.30. The summed E-state index contributed by atoms with van der Waals surface area (Å²) in [5.74, 6) is 0.315. The maximum Gasteiger partial charge on any atom is 0.274 e. The van der Waals surface area contributed by atoms with Crippen molar-refractivity contribution in [3.63, 3.8) is 0 Å².